The van der Waals surface area contributed by atoms with Crippen molar-refractivity contribution in [3.05, 3.63) is 13.8 Å². The fourth-order valence-corrected chi connectivity index (χ4v) is 0. The van der Waals surface area contributed by atoms with Gasteiger partial charge in [-0.15, -0.1) is 0 Å². The van der Waals surface area contributed by atoms with Crippen LogP contribution >= 0.6 is 0 Å². The minimum Gasteiger partial charge on any atom is -0.341 e. The molecule has 0 aromatic heterocycles. The van der Waals surface area contributed by atoms with E-state index in [1.807, 2.05) is 0 Å². The van der Waals surface area contributed by atoms with Gasteiger partial charge in [0.05, 0.1) is 0 Å². The van der Waals surface area contributed by atoms with E-state index in [9.17, 15) is 0 Å². The van der Waals surface area contributed by atoms with Gasteiger partial charge in [0.15, 0.2) is 0 Å². The summed E-state index contributed by atoms with van der Waals surface area (Å²) in [5.41, 5.74) is 0. The first-order valence-electron chi connectivity index (χ1n) is 4.20. The molecule has 0 rings (SSSR count). The van der Waals surface area contributed by atoms with E-state index in [0.717, 1.165) is 0 Å². The first-order chi connectivity index (χ1) is 4.54. The van der Waals surface area contributed by atoms with Crippen LogP contribution in [0, 0.1) is 25.7 Å². The molecule has 0 unspecified atom stereocenters. The molecule has 0 aliphatic carbocycles. The van der Waals surface area contributed by atoms with Crippen molar-refractivity contribution in [1.29, 1.82) is 0 Å². The molecule has 0 saturated heterocycles. The van der Waals surface area contributed by atoms with E-state index >= 15 is 0 Å². The maximum Gasteiger partial charge on any atom is 2.00 e. The predicted molar refractivity (Wildman–Crippen MR) is 55.4 cm³/mol. The molecule has 64 valence electrons. The maximum atomic E-state index is 3.76. The van der Waals surface area contributed by atoms with Crippen molar-refractivity contribution >= 4 is 23.1 Å². The van der Waals surface area contributed by atoms with Crippen molar-refractivity contribution in [2.24, 2.45) is 11.8 Å². The summed E-state index contributed by atoms with van der Waals surface area (Å²) in [7, 11) is 0. The topological polar surface area (TPSA) is 0 Å². The minimum atomic E-state index is 0. The van der Waals surface area contributed by atoms with Crippen LogP contribution in [0.4, 0.5) is 0 Å². The molecule has 0 aliphatic heterocycles. The van der Waals surface area contributed by atoms with Gasteiger partial charge in [-0.3, -0.25) is 0 Å². The van der Waals surface area contributed by atoms with Gasteiger partial charge in [0, 0.05) is 0 Å². The average Bonchev–Trinajstić information content (AvgIpc) is 1.89. The largest absolute Gasteiger partial charge is 2.00 e. The van der Waals surface area contributed by atoms with Gasteiger partial charge in [-0.1, -0.05) is 40.5 Å². The molecule has 0 saturated carbocycles. The van der Waals surface area contributed by atoms with Crippen LogP contribution in [0.15, 0.2) is 0 Å². The molecule has 0 aliphatic rings. The molecule has 0 spiro atoms. The van der Waals surface area contributed by atoms with Crippen molar-refractivity contribution < 1.29 is 0 Å². The van der Waals surface area contributed by atoms with Gasteiger partial charge >= 0.3 is 23.1 Å². The molecule has 0 N–H and O–H groups in total. The van der Waals surface area contributed by atoms with E-state index in [1.54, 1.807) is 0 Å². The summed E-state index contributed by atoms with van der Waals surface area (Å²) < 4.78 is 0. The molecule has 0 fully saturated rings. The van der Waals surface area contributed by atoms with Crippen LogP contribution in [0.1, 0.15) is 40.5 Å². The van der Waals surface area contributed by atoms with Gasteiger partial charge in [0.2, 0.25) is 0 Å². The van der Waals surface area contributed by atoms with Crippen LogP contribution in [0.2, 0.25) is 0 Å². The zero-order chi connectivity index (χ0) is 8.57. The SMILES string of the molecule is [CH2-][C@@H](C)CC.[CH2-][C@@H](C)CC.[Mg+2]. The Balaban J connectivity index is -0.000000107. The molecule has 0 nitrogen and oxygen atoms in total. The second kappa shape index (κ2) is 13.4. The van der Waals surface area contributed by atoms with E-state index in [2.05, 4.69) is 41.5 Å². The Bertz CT molecular complexity index is 40.8. The average molecular weight is 167 g/mol. The van der Waals surface area contributed by atoms with E-state index in [1.165, 1.54) is 12.8 Å². The van der Waals surface area contributed by atoms with Gasteiger partial charge < -0.3 is 13.8 Å². The molecule has 0 aromatic carbocycles. The fraction of sp³-hybridized carbons (Fsp3) is 0.800. The Kier molecular flexibility index (Phi) is 21.6. The number of hydrogen-bond acceptors (Lipinski definition) is 0. The van der Waals surface area contributed by atoms with Gasteiger partial charge in [0.1, 0.15) is 0 Å². The molecular formula is C10H22Mg. The van der Waals surface area contributed by atoms with Gasteiger partial charge in [-0.25, -0.2) is 0 Å². The van der Waals surface area contributed by atoms with Gasteiger partial charge in [-0.2, -0.15) is 11.8 Å². The zero-order valence-corrected chi connectivity index (χ0v) is 10.1. The quantitative estimate of drug-likeness (QED) is 0.436. The molecule has 0 radical (unpaired) electrons. The predicted octanol–water partition coefficient (Wildman–Crippen LogP) is 3.35. The third-order valence-electron chi connectivity index (χ3n) is 1.39. The number of hydrogen-bond donors (Lipinski definition) is 0. The summed E-state index contributed by atoms with van der Waals surface area (Å²) in [4.78, 5) is 0. The Morgan fingerprint density at radius 3 is 1.00 bits per heavy atom. The Labute approximate surface area is 89.3 Å². The Hall–Kier alpha value is 0.766. The molecule has 0 amide bonds. The summed E-state index contributed by atoms with van der Waals surface area (Å²) in [5, 5.41) is 0. The van der Waals surface area contributed by atoms with Gasteiger partial charge in [-0.05, 0) is 0 Å². The summed E-state index contributed by atoms with van der Waals surface area (Å²) in [6.07, 6.45) is 2.39. The van der Waals surface area contributed by atoms with Gasteiger partial charge in [0.25, 0.3) is 0 Å². The van der Waals surface area contributed by atoms with E-state index in [-0.39, 0.29) is 23.1 Å². The third-order valence-corrected chi connectivity index (χ3v) is 1.39. The summed E-state index contributed by atoms with van der Waals surface area (Å²) >= 11 is 0. The summed E-state index contributed by atoms with van der Waals surface area (Å²) in [6.45, 7) is 16.0. The third kappa shape index (κ3) is 36.4. The maximum absolute atomic E-state index is 3.76. The number of rotatable bonds is 2. The summed E-state index contributed by atoms with van der Waals surface area (Å²) in [6, 6.07) is 0. The molecule has 2 atom stereocenters. The normalized spacial score (nSPS) is 13.6. The van der Waals surface area contributed by atoms with Crippen LogP contribution < -0.4 is 0 Å². The molecule has 1 heteroatoms. The van der Waals surface area contributed by atoms with Crippen LogP contribution in [0.25, 0.3) is 0 Å². The van der Waals surface area contributed by atoms with E-state index in [4.69, 9.17) is 0 Å². The van der Waals surface area contributed by atoms with Crippen molar-refractivity contribution in [2.45, 2.75) is 40.5 Å². The van der Waals surface area contributed by atoms with E-state index < -0.39 is 0 Å². The monoisotopic (exact) mass is 166 g/mol. The standard InChI is InChI=1S/2C5H11.Mg/c2*1-4-5(2)3;/h2*5H,2,4H2,1,3H3;/q2*-1;+2/t2*5-;/m00./s1. The Morgan fingerprint density at radius 1 is 0.909 bits per heavy atom. The van der Waals surface area contributed by atoms with Crippen molar-refractivity contribution in [2.75, 3.05) is 0 Å². The molecule has 11 heavy (non-hydrogen) atoms. The molecule has 0 heterocycles. The first-order valence-corrected chi connectivity index (χ1v) is 4.20. The summed E-state index contributed by atoms with van der Waals surface area (Å²) in [5.74, 6) is 1.27. The fourth-order valence-electron chi connectivity index (χ4n) is 0. The molecular weight excluding hydrogens is 144 g/mol. The van der Waals surface area contributed by atoms with Crippen LogP contribution in [0.5, 0.6) is 0 Å². The Morgan fingerprint density at radius 2 is 1.00 bits per heavy atom. The molecule has 0 aromatic rings. The van der Waals surface area contributed by atoms with Crippen molar-refractivity contribution in [3.63, 3.8) is 0 Å². The smallest absolute Gasteiger partial charge is 0.341 e. The van der Waals surface area contributed by atoms with Crippen molar-refractivity contribution in [1.82, 2.24) is 0 Å². The van der Waals surface area contributed by atoms with Crippen LogP contribution in [-0.4, -0.2) is 23.1 Å². The van der Waals surface area contributed by atoms with E-state index in [0.29, 0.717) is 11.8 Å². The first kappa shape index (κ1) is 17.7. The second-order valence-electron chi connectivity index (χ2n) is 3.03. The molecule has 0 bridgehead atoms. The zero-order valence-electron chi connectivity index (χ0n) is 8.69. The van der Waals surface area contributed by atoms with Crippen LogP contribution in [0.3, 0.4) is 0 Å². The minimum absolute atomic E-state index is 0. The van der Waals surface area contributed by atoms with Crippen LogP contribution in [-0.2, 0) is 0 Å². The second-order valence-corrected chi connectivity index (χ2v) is 3.03. The van der Waals surface area contributed by atoms with Crippen molar-refractivity contribution in [3.8, 4) is 0 Å².